The molecule has 0 saturated heterocycles. The number of carboxylic acids is 1. The van der Waals surface area contributed by atoms with Gasteiger partial charge in [0, 0.05) is 19.0 Å². The van der Waals surface area contributed by atoms with Crippen LogP contribution in [0.1, 0.15) is 40.5 Å². The lowest BCUT2D eigenvalue weighted by Crippen LogP contribution is -2.49. The Bertz CT molecular complexity index is 345. The number of urea groups is 1. The van der Waals surface area contributed by atoms with Crippen LogP contribution in [0.3, 0.4) is 0 Å². The van der Waals surface area contributed by atoms with Crippen molar-refractivity contribution in [1.82, 2.24) is 16.0 Å². The summed E-state index contributed by atoms with van der Waals surface area (Å²) in [6, 6.07) is -1.45. The summed E-state index contributed by atoms with van der Waals surface area (Å²) in [6.45, 7) is 7.48. The highest BCUT2D eigenvalue weighted by molar-refractivity contribution is 5.83. The zero-order valence-corrected chi connectivity index (χ0v) is 12.5. The first kappa shape index (κ1) is 18.2. The maximum atomic E-state index is 11.6. The molecule has 4 N–H and O–H groups in total. The lowest BCUT2D eigenvalue weighted by Gasteiger charge is -2.20. The second kappa shape index (κ2) is 9.17. The van der Waals surface area contributed by atoms with E-state index in [4.69, 9.17) is 5.11 Å². The van der Waals surface area contributed by atoms with Gasteiger partial charge in [0.25, 0.3) is 0 Å². The highest BCUT2D eigenvalue weighted by Crippen LogP contribution is 2.07. The minimum Gasteiger partial charge on any atom is -0.480 e. The maximum absolute atomic E-state index is 11.6. The SMILES string of the molecule is CC[C@H](C)[C@H](NC(=O)NCCC(=O)NC(C)C)C(=O)O. The molecule has 0 radical (unpaired) electrons. The van der Waals surface area contributed by atoms with Gasteiger partial charge in [0.15, 0.2) is 0 Å². The third-order valence-electron chi connectivity index (χ3n) is 2.85. The first-order valence-corrected chi connectivity index (χ1v) is 6.84. The Morgan fingerprint density at radius 2 is 1.70 bits per heavy atom. The molecule has 0 unspecified atom stereocenters. The van der Waals surface area contributed by atoms with Gasteiger partial charge in [0.05, 0.1) is 0 Å². The second-order valence-corrected chi connectivity index (χ2v) is 5.07. The third kappa shape index (κ3) is 7.60. The molecule has 0 fully saturated rings. The summed E-state index contributed by atoms with van der Waals surface area (Å²) in [5.41, 5.74) is 0. The van der Waals surface area contributed by atoms with Crippen molar-refractivity contribution >= 4 is 17.9 Å². The second-order valence-electron chi connectivity index (χ2n) is 5.07. The van der Waals surface area contributed by atoms with Gasteiger partial charge in [0.2, 0.25) is 5.91 Å². The minimum absolute atomic E-state index is 0.0538. The molecule has 0 aliphatic heterocycles. The molecule has 0 aromatic rings. The van der Waals surface area contributed by atoms with Crippen molar-refractivity contribution in [2.24, 2.45) is 5.92 Å². The Balaban J connectivity index is 4.09. The fourth-order valence-electron chi connectivity index (χ4n) is 1.56. The Morgan fingerprint density at radius 1 is 1.10 bits per heavy atom. The van der Waals surface area contributed by atoms with E-state index in [0.717, 1.165) is 0 Å². The Labute approximate surface area is 119 Å². The number of carboxylic acid groups (broad SMARTS) is 1. The van der Waals surface area contributed by atoms with E-state index in [9.17, 15) is 14.4 Å². The number of hydrogen-bond donors (Lipinski definition) is 4. The van der Waals surface area contributed by atoms with E-state index in [1.165, 1.54) is 0 Å². The lowest BCUT2D eigenvalue weighted by molar-refractivity contribution is -0.140. The van der Waals surface area contributed by atoms with Crippen molar-refractivity contribution in [3.8, 4) is 0 Å². The van der Waals surface area contributed by atoms with E-state index < -0.39 is 18.0 Å². The summed E-state index contributed by atoms with van der Waals surface area (Å²) in [5.74, 6) is -1.38. The summed E-state index contributed by atoms with van der Waals surface area (Å²) in [6.07, 6.45) is 0.806. The Hall–Kier alpha value is -1.79. The zero-order chi connectivity index (χ0) is 15.7. The zero-order valence-electron chi connectivity index (χ0n) is 12.5. The van der Waals surface area contributed by atoms with Crippen LogP contribution in [0, 0.1) is 5.92 Å². The predicted molar refractivity (Wildman–Crippen MR) is 75.3 cm³/mol. The molecule has 0 aromatic heterocycles. The van der Waals surface area contributed by atoms with Crippen molar-refractivity contribution in [2.75, 3.05) is 6.54 Å². The molecule has 3 amide bonds. The highest BCUT2D eigenvalue weighted by atomic mass is 16.4. The van der Waals surface area contributed by atoms with E-state index in [1.54, 1.807) is 6.92 Å². The summed E-state index contributed by atoms with van der Waals surface area (Å²) in [5, 5.41) is 16.6. The molecule has 2 atom stereocenters. The molecule has 0 saturated carbocycles. The fourth-order valence-corrected chi connectivity index (χ4v) is 1.56. The van der Waals surface area contributed by atoms with Gasteiger partial charge in [-0.3, -0.25) is 4.79 Å². The van der Waals surface area contributed by atoms with Gasteiger partial charge in [-0.15, -0.1) is 0 Å². The number of carbonyl (C=O) groups is 3. The maximum Gasteiger partial charge on any atom is 0.326 e. The van der Waals surface area contributed by atoms with Crippen LogP contribution in [0.4, 0.5) is 4.79 Å². The number of rotatable bonds is 8. The van der Waals surface area contributed by atoms with Crippen molar-refractivity contribution < 1.29 is 19.5 Å². The number of amides is 3. The first-order valence-electron chi connectivity index (χ1n) is 6.84. The van der Waals surface area contributed by atoms with Crippen LogP contribution < -0.4 is 16.0 Å². The Morgan fingerprint density at radius 3 is 2.15 bits per heavy atom. The molecular weight excluding hydrogens is 262 g/mol. The van der Waals surface area contributed by atoms with E-state index in [1.807, 2.05) is 20.8 Å². The molecule has 0 aliphatic carbocycles. The van der Waals surface area contributed by atoms with Gasteiger partial charge in [-0.2, -0.15) is 0 Å². The summed E-state index contributed by atoms with van der Waals surface area (Å²) in [4.78, 5) is 33.9. The average Bonchev–Trinajstić information content (AvgIpc) is 2.33. The van der Waals surface area contributed by atoms with Crippen LogP contribution in [-0.2, 0) is 9.59 Å². The fraction of sp³-hybridized carbons (Fsp3) is 0.769. The lowest BCUT2D eigenvalue weighted by atomic mass is 9.99. The normalized spacial score (nSPS) is 13.4. The molecule has 20 heavy (non-hydrogen) atoms. The van der Waals surface area contributed by atoms with Gasteiger partial charge in [-0.1, -0.05) is 20.3 Å². The summed E-state index contributed by atoms with van der Waals surface area (Å²) in [7, 11) is 0. The molecule has 0 rings (SSSR count). The van der Waals surface area contributed by atoms with Crippen LogP contribution in [-0.4, -0.2) is 41.6 Å². The van der Waals surface area contributed by atoms with Crippen molar-refractivity contribution in [3.05, 3.63) is 0 Å². The van der Waals surface area contributed by atoms with E-state index >= 15 is 0 Å². The van der Waals surface area contributed by atoms with E-state index in [2.05, 4.69) is 16.0 Å². The topological polar surface area (TPSA) is 108 Å². The van der Waals surface area contributed by atoms with Gasteiger partial charge >= 0.3 is 12.0 Å². The molecule has 0 bridgehead atoms. The predicted octanol–water partition coefficient (Wildman–Crippen LogP) is 0.700. The molecule has 7 nitrogen and oxygen atoms in total. The molecule has 7 heteroatoms. The van der Waals surface area contributed by atoms with Gasteiger partial charge in [0.1, 0.15) is 6.04 Å². The molecular formula is C13H25N3O4. The number of aliphatic carboxylic acids is 1. The molecule has 0 heterocycles. The largest absolute Gasteiger partial charge is 0.480 e. The van der Waals surface area contributed by atoms with E-state index in [-0.39, 0.29) is 30.8 Å². The quantitative estimate of drug-likeness (QED) is 0.527. The average molecular weight is 287 g/mol. The highest BCUT2D eigenvalue weighted by Gasteiger charge is 2.25. The molecule has 116 valence electrons. The summed E-state index contributed by atoms with van der Waals surface area (Å²) >= 11 is 0. The Kier molecular flexibility index (Phi) is 8.35. The van der Waals surface area contributed by atoms with Crippen molar-refractivity contribution in [2.45, 2.75) is 52.6 Å². The number of nitrogens with one attached hydrogen (secondary N) is 3. The van der Waals surface area contributed by atoms with Gasteiger partial charge in [-0.25, -0.2) is 9.59 Å². The van der Waals surface area contributed by atoms with E-state index in [0.29, 0.717) is 6.42 Å². The standard InChI is InChI=1S/C13H25N3O4/c1-5-9(4)11(12(18)19)16-13(20)14-7-6-10(17)15-8(2)3/h8-9,11H,5-7H2,1-4H3,(H,15,17)(H,18,19)(H2,14,16,20)/t9-,11-/m0/s1. The van der Waals surface area contributed by atoms with Gasteiger partial charge < -0.3 is 21.1 Å². The number of hydrogen-bond acceptors (Lipinski definition) is 3. The van der Waals surface area contributed by atoms with Crippen LogP contribution in [0.25, 0.3) is 0 Å². The third-order valence-corrected chi connectivity index (χ3v) is 2.85. The smallest absolute Gasteiger partial charge is 0.326 e. The summed E-state index contributed by atoms with van der Waals surface area (Å²) < 4.78 is 0. The molecule has 0 aliphatic rings. The molecule has 0 spiro atoms. The molecule has 0 aromatic carbocycles. The van der Waals surface area contributed by atoms with Crippen molar-refractivity contribution in [1.29, 1.82) is 0 Å². The monoisotopic (exact) mass is 287 g/mol. The van der Waals surface area contributed by atoms with Gasteiger partial charge in [-0.05, 0) is 19.8 Å². The minimum atomic E-state index is -1.06. The van der Waals surface area contributed by atoms with Crippen molar-refractivity contribution in [3.63, 3.8) is 0 Å². The number of carbonyl (C=O) groups excluding carboxylic acids is 2. The van der Waals surface area contributed by atoms with Crippen LogP contribution in [0.5, 0.6) is 0 Å². The van der Waals surface area contributed by atoms with Crippen LogP contribution in [0.15, 0.2) is 0 Å². The first-order chi connectivity index (χ1) is 9.27. The van der Waals surface area contributed by atoms with Crippen LogP contribution >= 0.6 is 0 Å². The van der Waals surface area contributed by atoms with Crippen LogP contribution in [0.2, 0.25) is 0 Å².